The van der Waals surface area contributed by atoms with Crippen LogP contribution < -0.4 is 4.74 Å². The molecule has 0 amide bonds. The summed E-state index contributed by atoms with van der Waals surface area (Å²) >= 11 is 0. The highest BCUT2D eigenvalue weighted by atomic mass is 16.5. The van der Waals surface area contributed by atoms with Gasteiger partial charge >= 0.3 is 5.97 Å². The number of phenolic OH excluding ortho intramolecular Hbond substituents is 1. The molecule has 0 spiro atoms. The van der Waals surface area contributed by atoms with E-state index in [1.54, 1.807) is 12.1 Å². The summed E-state index contributed by atoms with van der Waals surface area (Å²) in [5, 5.41) is 18.0. The smallest absolute Gasteiger partial charge is 0.343 e. The molecule has 0 aliphatic carbocycles. The van der Waals surface area contributed by atoms with Gasteiger partial charge in [-0.05, 0) is 67.1 Å². The van der Waals surface area contributed by atoms with Crippen molar-refractivity contribution in [3.8, 4) is 17.6 Å². The van der Waals surface area contributed by atoms with Gasteiger partial charge in [-0.15, -0.1) is 0 Å². The fraction of sp³-hybridized carbons (Fsp3) is 0.333. The first kappa shape index (κ1) is 18.5. The third-order valence-corrected chi connectivity index (χ3v) is 4.14. The van der Waals surface area contributed by atoms with Gasteiger partial charge in [0.15, 0.2) is 0 Å². The first-order chi connectivity index (χ1) is 12.1. The van der Waals surface area contributed by atoms with Crippen molar-refractivity contribution in [1.82, 2.24) is 0 Å². The fourth-order valence-corrected chi connectivity index (χ4v) is 2.83. The molecule has 25 heavy (non-hydrogen) atoms. The molecule has 2 aromatic carbocycles. The van der Waals surface area contributed by atoms with E-state index in [9.17, 15) is 9.90 Å². The van der Waals surface area contributed by atoms with E-state index < -0.39 is 5.97 Å². The molecule has 0 radical (unpaired) electrons. The second kappa shape index (κ2) is 9.48. The van der Waals surface area contributed by atoms with E-state index in [0.29, 0.717) is 23.7 Å². The lowest BCUT2D eigenvalue weighted by Crippen LogP contribution is -2.08. The molecule has 2 rings (SSSR count). The number of unbranched alkanes of at least 4 members (excludes halogenated alkanes) is 1. The standard InChI is InChI=1S/C21H23NO3/c1-2-5-16(6-3-4-15-22)17-9-13-20(14-10-17)25-21(24)18-7-11-19(23)12-8-18/h7-14,16,23H,2-6H2,1H3. The van der Waals surface area contributed by atoms with Crippen LogP contribution in [0.25, 0.3) is 0 Å². The van der Waals surface area contributed by atoms with E-state index in [2.05, 4.69) is 13.0 Å². The average molecular weight is 337 g/mol. The van der Waals surface area contributed by atoms with Gasteiger partial charge in [-0.3, -0.25) is 0 Å². The first-order valence-corrected chi connectivity index (χ1v) is 8.62. The topological polar surface area (TPSA) is 70.3 Å². The summed E-state index contributed by atoms with van der Waals surface area (Å²) in [6, 6.07) is 15.8. The predicted octanol–water partition coefficient (Wildman–Crippen LogP) is 5.19. The molecule has 0 fully saturated rings. The molecular weight excluding hydrogens is 314 g/mol. The Morgan fingerprint density at radius 1 is 1.12 bits per heavy atom. The molecular formula is C21H23NO3. The summed E-state index contributed by atoms with van der Waals surface area (Å²) in [4.78, 5) is 12.1. The van der Waals surface area contributed by atoms with Gasteiger partial charge in [0, 0.05) is 6.42 Å². The average Bonchev–Trinajstić information content (AvgIpc) is 2.62. The number of hydrogen-bond donors (Lipinski definition) is 1. The fourth-order valence-electron chi connectivity index (χ4n) is 2.83. The highest BCUT2D eigenvalue weighted by Gasteiger charge is 2.12. The second-order valence-electron chi connectivity index (χ2n) is 6.04. The van der Waals surface area contributed by atoms with Gasteiger partial charge in [0.2, 0.25) is 0 Å². The highest BCUT2D eigenvalue weighted by molar-refractivity contribution is 5.91. The Morgan fingerprint density at radius 2 is 1.80 bits per heavy atom. The van der Waals surface area contributed by atoms with Gasteiger partial charge in [0.1, 0.15) is 11.5 Å². The van der Waals surface area contributed by atoms with E-state index in [1.807, 2.05) is 12.1 Å². The van der Waals surface area contributed by atoms with Gasteiger partial charge in [-0.2, -0.15) is 5.26 Å². The maximum absolute atomic E-state index is 12.1. The number of ether oxygens (including phenoxy) is 1. The Hall–Kier alpha value is -2.80. The molecule has 0 bridgehead atoms. The first-order valence-electron chi connectivity index (χ1n) is 8.62. The van der Waals surface area contributed by atoms with Gasteiger partial charge in [-0.1, -0.05) is 25.5 Å². The van der Waals surface area contributed by atoms with Crippen molar-refractivity contribution in [2.45, 2.75) is 44.9 Å². The number of hydrogen-bond acceptors (Lipinski definition) is 4. The lowest BCUT2D eigenvalue weighted by molar-refractivity contribution is 0.0734. The van der Waals surface area contributed by atoms with Crippen LogP contribution >= 0.6 is 0 Å². The molecule has 4 nitrogen and oxygen atoms in total. The van der Waals surface area contributed by atoms with Gasteiger partial charge in [0.25, 0.3) is 0 Å². The van der Waals surface area contributed by atoms with Crippen LogP contribution in [0, 0.1) is 11.3 Å². The summed E-state index contributed by atoms with van der Waals surface area (Å²) < 4.78 is 5.37. The number of nitriles is 1. The van der Waals surface area contributed by atoms with Gasteiger partial charge in [0.05, 0.1) is 11.6 Å². The third-order valence-electron chi connectivity index (χ3n) is 4.14. The third kappa shape index (κ3) is 5.65. The summed E-state index contributed by atoms with van der Waals surface area (Å²) in [6.45, 7) is 2.16. The lowest BCUT2D eigenvalue weighted by Gasteiger charge is -2.16. The molecule has 1 unspecified atom stereocenters. The van der Waals surface area contributed by atoms with Crippen LogP contribution in [0.4, 0.5) is 0 Å². The monoisotopic (exact) mass is 337 g/mol. The molecule has 130 valence electrons. The van der Waals surface area contributed by atoms with Crippen LogP contribution in [-0.2, 0) is 0 Å². The zero-order chi connectivity index (χ0) is 18.1. The van der Waals surface area contributed by atoms with E-state index >= 15 is 0 Å². The molecule has 4 heteroatoms. The van der Waals surface area contributed by atoms with Crippen molar-refractivity contribution >= 4 is 5.97 Å². The largest absolute Gasteiger partial charge is 0.508 e. The van der Waals surface area contributed by atoms with Gasteiger partial charge in [-0.25, -0.2) is 4.79 Å². The van der Waals surface area contributed by atoms with Crippen molar-refractivity contribution in [3.63, 3.8) is 0 Å². The molecule has 0 aliphatic rings. The number of esters is 1. The van der Waals surface area contributed by atoms with Crippen molar-refractivity contribution < 1.29 is 14.6 Å². The number of phenols is 1. The van der Waals surface area contributed by atoms with Crippen LogP contribution in [0.15, 0.2) is 48.5 Å². The summed E-state index contributed by atoms with van der Waals surface area (Å²) in [5.74, 6) is 0.584. The van der Waals surface area contributed by atoms with Crippen molar-refractivity contribution in [2.24, 2.45) is 0 Å². The normalized spacial score (nSPS) is 11.5. The van der Waals surface area contributed by atoms with Crippen molar-refractivity contribution in [1.29, 1.82) is 5.26 Å². The minimum absolute atomic E-state index is 0.110. The van der Waals surface area contributed by atoms with Gasteiger partial charge < -0.3 is 9.84 Å². The maximum atomic E-state index is 12.1. The Morgan fingerprint density at radius 3 is 2.40 bits per heavy atom. The number of rotatable bonds is 8. The Bertz CT molecular complexity index is 714. The van der Waals surface area contributed by atoms with Crippen molar-refractivity contribution in [3.05, 3.63) is 59.7 Å². The van der Waals surface area contributed by atoms with E-state index in [1.165, 1.54) is 29.8 Å². The molecule has 1 N–H and O–H groups in total. The minimum atomic E-state index is -0.452. The van der Waals surface area contributed by atoms with Crippen molar-refractivity contribution in [2.75, 3.05) is 0 Å². The molecule has 0 heterocycles. The van der Waals surface area contributed by atoms with Crippen LogP contribution in [0.1, 0.15) is 60.9 Å². The predicted molar refractivity (Wildman–Crippen MR) is 96.6 cm³/mol. The number of nitrogens with zero attached hydrogens (tertiary/aromatic N) is 1. The Balaban J connectivity index is 2.01. The van der Waals surface area contributed by atoms with Crippen LogP contribution in [0.5, 0.6) is 11.5 Å². The number of benzene rings is 2. The zero-order valence-electron chi connectivity index (χ0n) is 14.4. The van der Waals surface area contributed by atoms with Crippen LogP contribution in [0.3, 0.4) is 0 Å². The molecule has 1 atom stereocenters. The number of carbonyl (C=O) groups excluding carboxylic acids is 1. The molecule has 0 saturated carbocycles. The second-order valence-corrected chi connectivity index (χ2v) is 6.04. The lowest BCUT2D eigenvalue weighted by atomic mass is 9.90. The number of carbonyl (C=O) groups is 1. The minimum Gasteiger partial charge on any atom is -0.508 e. The SMILES string of the molecule is CCCC(CCCC#N)c1ccc(OC(=O)c2ccc(O)cc2)cc1. The zero-order valence-corrected chi connectivity index (χ0v) is 14.4. The molecule has 2 aromatic rings. The quantitative estimate of drug-likeness (QED) is 0.409. The molecule has 0 saturated heterocycles. The Labute approximate surface area is 148 Å². The summed E-state index contributed by atoms with van der Waals surface area (Å²) in [7, 11) is 0. The molecule has 0 aliphatic heterocycles. The maximum Gasteiger partial charge on any atom is 0.343 e. The van der Waals surface area contributed by atoms with E-state index in [0.717, 1.165) is 25.7 Å². The van der Waals surface area contributed by atoms with E-state index in [4.69, 9.17) is 10.00 Å². The van der Waals surface area contributed by atoms with E-state index in [-0.39, 0.29) is 5.75 Å². The number of aromatic hydroxyl groups is 1. The van der Waals surface area contributed by atoms with Crippen LogP contribution in [0.2, 0.25) is 0 Å². The molecule has 0 aromatic heterocycles. The van der Waals surface area contributed by atoms with Crippen LogP contribution in [-0.4, -0.2) is 11.1 Å². The summed E-state index contributed by atoms with van der Waals surface area (Å²) in [5.41, 5.74) is 1.60. The Kier molecular flexibility index (Phi) is 7.03. The summed E-state index contributed by atoms with van der Waals surface area (Å²) in [6.07, 6.45) is 4.65. The highest BCUT2D eigenvalue weighted by Crippen LogP contribution is 2.28.